The molecular weight excluding hydrogens is 302 g/mol. The van der Waals surface area contributed by atoms with Gasteiger partial charge in [-0.3, -0.25) is 14.6 Å². The summed E-state index contributed by atoms with van der Waals surface area (Å²) in [7, 11) is 0. The minimum atomic E-state index is -0.283. The van der Waals surface area contributed by atoms with Gasteiger partial charge in [0.25, 0.3) is 11.8 Å². The molecule has 0 bridgehead atoms. The molecule has 124 valence electrons. The summed E-state index contributed by atoms with van der Waals surface area (Å²) < 4.78 is 0. The Morgan fingerprint density at radius 2 is 1.79 bits per heavy atom. The lowest BCUT2D eigenvalue weighted by Gasteiger charge is -2.12. The molecule has 1 aliphatic carbocycles. The molecule has 0 saturated heterocycles. The maximum absolute atomic E-state index is 12.3. The Morgan fingerprint density at radius 3 is 2.54 bits per heavy atom. The molecule has 3 rings (SSSR count). The molecule has 0 unspecified atom stereocenters. The first-order valence-corrected chi connectivity index (χ1v) is 8.31. The van der Waals surface area contributed by atoms with Gasteiger partial charge in [-0.05, 0) is 30.5 Å². The summed E-state index contributed by atoms with van der Waals surface area (Å²) in [5.74, 6) is -0.421. The second kappa shape index (κ2) is 7.73. The molecule has 24 heavy (non-hydrogen) atoms. The van der Waals surface area contributed by atoms with Crippen molar-refractivity contribution in [3.8, 4) is 0 Å². The van der Waals surface area contributed by atoms with Gasteiger partial charge in [0.1, 0.15) is 5.69 Å². The first-order valence-electron chi connectivity index (χ1n) is 8.31. The zero-order chi connectivity index (χ0) is 16.8. The van der Waals surface area contributed by atoms with Crippen LogP contribution in [0.15, 0.2) is 48.7 Å². The minimum Gasteiger partial charge on any atom is -0.349 e. The maximum Gasteiger partial charge on any atom is 0.270 e. The largest absolute Gasteiger partial charge is 0.349 e. The van der Waals surface area contributed by atoms with Crippen molar-refractivity contribution in [3.63, 3.8) is 0 Å². The van der Waals surface area contributed by atoms with Crippen LogP contribution in [0.5, 0.6) is 0 Å². The van der Waals surface area contributed by atoms with Gasteiger partial charge in [-0.1, -0.05) is 43.2 Å². The van der Waals surface area contributed by atoms with Crippen LogP contribution in [0.25, 0.3) is 0 Å². The van der Waals surface area contributed by atoms with Crippen LogP contribution in [0.3, 0.4) is 0 Å². The lowest BCUT2D eigenvalue weighted by atomic mass is 10.1. The smallest absolute Gasteiger partial charge is 0.270 e. The molecule has 2 aromatic rings. The van der Waals surface area contributed by atoms with Crippen LogP contribution in [0.2, 0.25) is 0 Å². The number of aromatic nitrogens is 1. The van der Waals surface area contributed by atoms with E-state index in [1.165, 1.54) is 6.20 Å². The van der Waals surface area contributed by atoms with E-state index in [9.17, 15) is 9.59 Å². The standard InChI is InChI=1S/C19H21N3O2/c23-18(22-16-8-4-5-9-16)15-10-11-20-17(12-15)19(24)21-13-14-6-2-1-3-7-14/h1-3,6-7,10-12,16H,4-5,8-9,13H2,(H,21,24)(H,22,23). The molecule has 1 saturated carbocycles. The molecule has 2 amide bonds. The highest BCUT2D eigenvalue weighted by molar-refractivity contribution is 5.98. The van der Waals surface area contributed by atoms with Crippen molar-refractivity contribution >= 4 is 11.8 Å². The molecule has 1 aliphatic rings. The van der Waals surface area contributed by atoms with E-state index >= 15 is 0 Å². The zero-order valence-corrected chi connectivity index (χ0v) is 13.5. The lowest BCUT2D eigenvalue weighted by molar-refractivity contribution is 0.0937. The van der Waals surface area contributed by atoms with Crippen molar-refractivity contribution < 1.29 is 9.59 Å². The number of amides is 2. The third-order valence-electron chi connectivity index (χ3n) is 4.24. The van der Waals surface area contributed by atoms with Crippen LogP contribution in [0, 0.1) is 0 Å². The van der Waals surface area contributed by atoms with E-state index in [1.54, 1.807) is 12.1 Å². The number of nitrogens with zero attached hydrogens (tertiary/aromatic N) is 1. The molecule has 0 atom stereocenters. The first kappa shape index (κ1) is 16.2. The Hall–Kier alpha value is -2.69. The Kier molecular flexibility index (Phi) is 5.21. The van der Waals surface area contributed by atoms with Crippen LogP contribution < -0.4 is 10.6 Å². The average molecular weight is 323 g/mol. The average Bonchev–Trinajstić information content (AvgIpc) is 3.13. The number of hydrogen-bond acceptors (Lipinski definition) is 3. The number of carbonyl (C=O) groups is 2. The fourth-order valence-electron chi connectivity index (χ4n) is 2.90. The maximum atomic E-state index is 12.3. The Morgan fingerprint density at radius 1 is 1.04 bits per heavy atom. The zero-order valence-electron chi connectivity index (χ0n) is 13.5. The number of pyridine rings is 1. The van der Waals surface area contributed by atoms with Gasteiger partial charge in [0, 0.05) is 24.3 Å². The van der Waals surface area contributed by atoms with Crippen LogP contribution in [-0.4, -0.2) is 22.8 Å². The highest BCUT2D eigenvalue weighted by atomic mass is 16.2. The Bertz CT molecular complexity index is 710. The van der Waals surface area contributed by atoms with Crippen LogP contribution in [-0.2, 0) is 6.54 Å². The summed E-state index contributed by atoms with van der Waals surface area (Å²) in [5.41, 5.74) is 1.74. The highest BCUT2D eigenvalue weighted by Crippen LogP contribution is 2.18. The van der Waals surface area contributed by atoms with E-state index in [0.717, 1.165) is 31.2 Å². The molecule has 0 spiro atoms. The molecule has 1 aromatic carbocycles. The van der Waals surface area contributed by atoms with E-state index in [1.807, 2.05) is 30.3 Å². The first-order chi connectivity index (χ1) is 11.7. The van der Waals surface area contributed by atoms with E-state index in [4.69, 9.17) is 0 Å². The van der Waals surface area contributed by atoms with E-state index in [2.05, 4.69) is 15.6 Å². The van der Waals surface area contributed by atoms with Gasteiger partial charge >= 0.3 is 0 Å². The van der Waals surface area contributed by atoms with Gasteiger partial charge in [0.05, 0.1) is 0 Å². The fraction of sp³-hybridized carbons (Fsp3) is 0.316. The monoisotopic (exact) mass is 323 g/mol. The number of rotatable bonds is 5. The number of benzene rings is 1. The van der Waals surface area contributed by atoms with E-state index < -0.39 is 0 Å². The van der Waals surface area contributed by atoms with Crippen molar-refractivity contribution in [2.75, 3.05) is 0 Å². The summed E-state index contributed by atoms with van der Waals surface area (Å²) in [4.78, 5) is 28.6. The van der Waals surface area contributed by atoms with E-state index in [-0.39, 0.29) is 23.6 Å². The molecule has 0 radical (unpaired) electrons. The SMILES string of the molecule is O=C(NC1CCCC1)c1ccnc(C(=O)NCc2ccccc2)c1. The summed E-state index contributed by atoms with van der Waals surface area (Å²) >= 11 is 0. The Labute approximate surface area is 141 Å². The number of hydrogen-bond donors (Lipinski definition) is 2. The second-order valence-electron chi connectivity index (χ2n) is 6.05. The van der Waals surface area contributed by atoms with Gasteiger partial charge in [0.15, 0.2) is 0 Å². The molecular formula is C19H21N3O2. The van der Waals surface area contributed by atoms with Gasteiger partial charge in [-0.2, -0.15) is 0 Å². The topological polar surface area (TPSA) is 71.1 Å². The van der Waals surface area contributed by atoms with Gasteiger partial charge in [-0.15, -0.1) is 0 Å². The predicted octanol–water partition coefficient (Wildman–Crippen LogP) is 2.68. The summed E-state index contributed by atoms with van der Waals surface area (Å²) in [6.07, 6.45) is 5.88. The van der Waals surface area contributed by atoms with E-state index in [0.29, 0.717) is 12.1 Å². The lowest BCUT2D eigenvalue weighted by Crippen LogP contribution is -2.33. The normalized spacial score (nSPS) is 14.3. The van der Waals surface area contributed by atoms with Gasteiger partial charge in [-0.25, -0.2) is 0 Å². The van der Waals surface area contributed by atoms with Crippen molar-refractivity contribution in [2.45, 2.75) is 38.3 Å². The van der Waals surface area contributed by atoms with Crippen molar-refractivity contribution in [2.24, 2.45) is 0 Å². The van der Waals surface area contributed by atoms with Crippen LogP contribution >= 0.6 is 0 Å². The van der Waals surface area contributed by atoms with Gasteiger partial charge in [0.2, 0.25) is 0 Å². The fourth-order valence-corrected chi connectivity index (χ4v) is 2.90. The number of carbonyl (C=O) groups excluding carboxylic acids is 2. The van der Waals surface area contributed by atoms with Crippen LogP contribution in [0.4, 0.5) is 0 Å². The molecule has 5 heteroatoms. The number of nitrogens with one attached hydrogen (secondary N) is 2. The second-order valence-corrected chi connectivity index (χ2v) is 6.05. The summed E-state index contributed by atoms with van der Waals surface area (Å²) in [6, 6.07) is 13.1. The molecule has 1 fully saturated rings. The molecule has 0 aliphatic heterocycles. The third-order valence-corrected chi connectivity index (χ3v) is 4.24. The van der Waals surface area contributed by atoms with Crippen molar-refractivity contribution in [1.82, 2.24) is 15.6 Å². The summed E-state index contributed by atoms with van der Waals surface area (Å²) in [6.45, 7) is 0.430. The third kappa shape index (κ3) is 4.19. The molecule has 1 heterocycles. The molecule has 2 N–H and O–H groups in total. The quantitative estimate of drug-likeness (QED) is 0.888. The molecule has 5 nitrogen and oxygen atoms in total. The molecule has 1 aromatic heterocycles. The van der Waals surface area contributed by atoms with Crippen molar-refractivity contribution in [3.05, 3.63) is 65.5 Å². The van der Waals surface area contributed by atoms with Gasteiger partial charge < -0.3 is 10.6 Å². The summed E-state index contributed by atoms with van der Waals surface area (Å²) in [5, 5.41) is 5.84. The van der Waals surface area contributed by atoms with Crippen LogP contribution in [0.1, 0.15) is 52.1 Å². The minimum absolute atomic E-state index is 0.138. The highest BCUT2D eigenvalue weighted by Gasteiger charge is 2.18. The van der Waals surface area contributed by atoms with Crippen molar-refractivity contribution in [1.29, 1.82) is 0 Å². The Balaban J connectivity index is 1.61. The predicted molar refractivity (Wildman–Crippen MR) is 91.6 cm³/mol.